The number of nitrogens with zero attached hydrogens (tertiary/aromatic N) is 6. The minimum absolute atomic E-state index is 0.0457. The molecule has 0 bridgehead atoms. The minimum Gasteiger partial charge on any atom is -0.490 e. The lowest BCUT2D eigenvalue weighted by atomic mass is 10.2. The van der Waals surface area contributed by atoms with Gasteiger partial charge in [0.2, 0.25) is 11.6 Å². The number of aromatic nitrogens is 4. The van der Waals surface area contributed by atoms with Gasteiger partial charge in [-0.25, -0.2) is 0 Å². The van der Waals surface area contributed by atoms with Gasteiger partial charge in [-0.3, -0.25) is 20.2 Å². The zero-order valence-corrected chi connectivity index (χ0v) is 12.0. The van der Waals surface area contributed by atoms with E-state index in [0.717, 1.165) is 13.3 Å². The second-order valence-corrected chi connectivity index (χ2v) is 4.08. The first kappa shape index (κ1) is 16.3. The van der Waals surface area contributed by atoms with Crippen LogP contribution in [-0.2, 0) is 0 Å². The van der Waals surface area contributed by atoms with Gasteiger partial charge in [-0.1, -0.05) is 0 Å². The molecule has 24 heavy (non-hydrogen) atoms. The SMILES string of the molecule is COc1ccc(NC=C(C#N)c2nn[nH]n2)c([N+](=O)[O-])c1[N+](=O)[O-]. The third-order valence-electron chi connectivity index (χ3n) is 2.78. The third kappa shape index (κ3) is 3.06. The Morgan fingerprint density at radius 1 is 1.38 bits per heavy atom. The number of benzene rings is 1. The monoisotopic (exact) mass is 332 g/mol. The summed E-state index contributed by atoms with van der Waals surface area (Å²) in [4.78, 5) is 20.5. The van der Waals surface area contributed by atoms with E-state index in [1.165, 1.54) is 12.1 Å². The van der Waals surface area contributed by atoms with Crippen LogP contribution in [0.4, 0.5) is 17.1 Å². The lowest BCUT2D eigenvalue weighted by Gasteiger charge is -2.06. The van der Waals surface area contributed by atoms with Crippen LogP contribution in [0.25, 0.3) is 5.57 Å². The van der Waals surface area contributed by atoms with Crippen LogP contribution < -0.4 is 10.1 Å². The van der Waals surface area contributed by atoms with Crippen molar-refractivity contribution in [3.63, 3.8) is 0 Å². The van der Waals surface area contributed by atoms with Gasteiger partial charge in [0.1, 0.15) is 17.3 Å². The number of tetrazole rings is 1. The highest BCUT2D eigenvalue weighted by atomic mass is 16.6. The topological polar surface area (TPSA) is 186 Å². The summed E-state index contributed by atoms with van der Waals surface area (Å²) in [5, 5.41) is 46.5. The molecule has 122 valence electrons. The van der Waals surface area contributed by atoms with E-state index >= 15 is 0 Å². The summed E-state index contributed by atoms with van der Waals surface area (Å²) in [5.74, 6) is -0.310. The van der Waals surface area contributed by atoms with Crippen LogP contribution in [0.3, 0.4) is 0 Å². The average Bonchev–Trinajstić information content (AvgIpc) is 3.08. The molecule has 1 heterocycles. The largest absolute Gasteiger partial charge is 0.490 e. The van der Waals surface area contributed by atoms with Gasteiger partial charge in [0.15, 0.2) is 0 Å². The van der Waals surface area contributed by atoms with Crippen LogP contribution in [0, 0.1) is 31.6 Å². The second kappa shape index (κ2) is 6.79. The second-order valence-electron chi connectivity index (χ2n) is 4.08. The zero-order chi connectivity index (χ0) is 17.7. The van der Waals surface area contributed by atoms with Crippen molar-refractivity contribution in [2.75, 3.05) is 12.4 Å². The number of hydrogen-bond donors (Lipinski definition) is 2. The quantitative estimate of drug-likeness (QED) is 0.439. The number of allylic oxidation sites excluding steroid dienone is 1. The van der Waals surface area contributed by atoms with E-state index in [9.17, 15) is 20.2 Å². The van der Waals surface area contributed by atoms with E-state index in [0.29, 0.717) is 0 Å². The number of hydrogen-bond acceptors (Lipinski definition) is 10. The van der Waals surface area contributed by atoms with Gasteiger partial charge in [-0.05, 0) is 17.3 Å². The molecule has 13 nitrogen and oxygen atoms in total. The maximum Gasteiger partial charge on any atom is 0.389 e. The molecule has 0 spiro atoms. The number of anilines is 1. The van der Waals surface area contributed by atoms with Crippen molar-refractivity contribution in [2.24, 2.45) is 0 Å². The van der Waals surface area contributed by atoms with Crippen LogP contribution >= 0.6 is 0 Å². The van der Waals surface area contributed by atoms with E-state index in [1.54, 1.807) is 6.07 Å². The molecule has 13 heteroatoms. The Kier molecular flexibility index (Phi) is 4.61. The Morgan fingerprint density at radius 3 is 2.58 bits per heavy atom. The first-order valence-corrected chi connectivity index (χ1v) is 6.10. The maximum atomic E-state index is 11.2. The van der Waals surface area contributed by atoms with Crippen molar-refractivity contribution in [3.8, 4) is 11.8 Å². The molecule has 2 aromatic rings. The fourth-order valence-electron chi connectivity index (χ4n) is 1.78. The van der Waals surface area contributed by atoms with E-state index in [4.69, 9.17) is 10.00 Å². The highest BCUT2D eigenvalue weighted by molar-refractivity contribution is 5.80. The van der Waals surface area contributed by atoms with Gasteiger partial charge >= 0.3 is 11.4 Å². The molecule has 0 aliphatic carbocycles. The van der Waals surface area contributed by atoms with Crippen LogP contribution in [0.15, 0.2) is 18.3 Å². The van der Waals surface area contributed by atoms with Gasteiger partial charge in [-0.15, -0.1) is 10.2 Å². The first-order valence-electron chi connectivity index (χ1n) is 6.10. The number of ether oxygens (including phenoxy) is 1. The van der Waals surface area contributed by atoms with Crippen molar-refractivity contribution in [1.29, 1.82) is 5.26 Å². The Labute approximate surface area is 132 Å². The molecule has 0 fully saturated rings. The van der Waals surface area contributed by atoms with Crippen molar-refractivity contribution in [3.05, 3.63) is 44.4 Å². The average molecular weight is 332 g/mol. The van der Waals surface area contributed by atoms with E-state index in [2.05, 4.69) is 25.9 Å². The summed E-state index contributed by atoms with van der Waals surface area (Å²) in [6.45, 7) is 0. The van der Waals surface area contributed by atoms with Gasteiger partial charge in [0, 0.05) is 6.20 Å². The number of nitriles is 1. The Morgan fingerprint density at radius 2 is 2.08 bits per heavy atom. The van der Waals surface area contributed by atoms with Crippen LogP contribution in [-0.4, -0.2) is 37.6 Å². The van der Waals surface area contributed by atoms with Crippen molar-refractivity contribution in [1.82, 2.24) is 20.6 Å². The molecule has 0 saturated heterocycles. The van der Waals surface area contributed by atoms with Crippen LogP contribution in [0.1, 0.15) is 5.82 Å². The lowest BCUT2D eigenvalue weighted by Crippen LogP contribution is -2.03. The Bertz CT molecular complexity index is 854. The predicted octanol–water partition coefficient (Wildman–Crippen LogP) is 1.00. The molecule has 0 radical (unpaired) electrons. The number of aromatic amines is 1. The summed E-state index contributed by atoms with van der Waals surface area (Å²) in [7, 11) is 1.16. The molecule has 0 unspecified atom stereocenters. The number of rotatable bonds is 6. The molecule has 0 atom stereocenters. The third-order valence-corrected chi connectivity index (χ3v) is 2.78. The maximum absolute atomic E-state index is 11.2. The van der Waals surface area contributed by atoms with Crippen LogP contribution in [0.2, 0.25) is 0 Å². The molecule has 2 rings (SSSR count). The zero-order valence-electron chi connectivity index (χ0n) is 12.0. The number of nitro groups is 2. The summed E-state index contributed by atoms with van der Waals surface area (Å²) >= 11 is 0. The van der Waals surface area contributed by atoms with E-state index in [1.807, 2.05) is 0 Å². The molecule has 0 aliphatic rings. The predicted molar refractivity (Wildman–Crippen MR) is 77.7 cm³/mol. The smallest absolute Gasteiger partial charge is 0.389 e. The van der Waals surface area contributed by atoms with Crippen molar-refractivity contribution < 1.29 is 14.6 Å². The molecular formula is C11H8N8O5. The van der Waals surface area contributed by atoms with Crippen LogP contribution in [0.5, 0.6) is 5.75 Å². The first-order chi connectivity index (χ1) is 11.5. The van der Waals surface area contributed by atoms with Gasteiger partial charge < -0.3 is 10.1 Å². The van der Waals surface area contributed by atoms with E-state index < -0.39 is 21.2 Å². The lowest BCUT2D eigenvalue weighted by molar-refractivity contribution is -0.422. The Balaban J connectivity index is 2.51. The molecule has 0 amide bonds. The number of H-pyrrole nitrogens is 1. The number of nitro benzene ring substituents is 2. The van der Waals surface area contributed by atoms with E-state index in [-0.39, 0.29) is 22.8 Å². The normalized spacial score (nSPS) is 10.8. The summed E-state index contributed by atoms with van der Waals surface area (Å²) in [5.41, 5.74) is -1.90. The minimum atomic E-state index is -0.920. The molecule has 0 aliphatic heterocycles. The number of methoxy groups -OCH3 is 1. The summed E-state index contributed by atoms with van der Waals surface area (Å²) < 4.78 is 4.78. The molecule has 1 aromatic carbocycles. The van der Waals surface area contributed by atoms with Gasteiger partial charge in [0.25, 0.3) is 0 Å². The highest BCUT2D eigenvalue weighted by Crippen LogP contribution is 2.41. The Hall–Kier alpha value is -4.08. The molecule has 2 N–H and O–H groups in total. The van der Waals surface area contributed by atoms with Crippen molar-refractivity contribution >= 4 is 22.6 Å². The fraction of sp³-hybridized carbons (Fsp3) is 0.0909. The summed E-state index contributed by atoms with van der Waals surface area (Å²) in [6, 6.07) is 4.18. The number of nitrogens with one attached hydrogen (secondary N) is 2. The van der Waals surface area contributed by atoms with Crippen molar-refractivity contribution in [2.45, 2.75) is 0 Å². The standard InChI is InChI=1S/C11H8N8O5/c1-24-8-3-2-7(9(18(20)21)10(8)19(22)23)13-5-6(4-12)11-14-16-17-15-11/h2-3,5,13H,1H3,(H,14,15,16,17). The van der Waals surface area contributed by atoms with Gasteiger partial charge in [0.05, 0.1) is 17.0 Å². The fourth-order valence-corrected chi connectivity index (χ4v) is 1.78. The molecule has 1 aromatic heterocycles. The molecular weight excluding hydrogens is 324 g/mol. The molecule has 0 saturated carbocycles. The summed E-state index contributed by atoms with van der Waals surface area (Å²) in [6.07, 6.45) is 1.07. The van der Waals surface area contributed by atoms with Gasteiger partial charge in [-0.2, -0.15) is 10.5 Å². The highest BCUT2D eigenvalue weighted by Gasteiger charge is 2.33.